The average Bonchev–Trinajstić information content (AvgIpc) is 2.29. The van der Waals surface area contributed by atoms with Gasteiger partial charge in [0.25, 0.3) is 0 Å². The molecule has 0 aliphatic carbocycles. The Morgan fingerprint density at radius 2 is 2.07 bits per heavy atom. The first-order valence-corrected chi connectivity index (χ1v) is 5.05. The number of rotatable bonds is 2. The Hall–Kier alpha value is -1.77. The molecule has 76 valence electrons. The van der Waals surface area contributed by atoms with Crippen molar-refractivity contribution in [2.45, 2.75) is 20.3 Å². The fourth-order valence-electron chi connectivity index (χ4n) is 1.71. The Morgan fingerprint density at radius 3 is 2.73 bits per heavy atom. The van der Waals surface area contributed by atoms with Crippen LogP contribution < -0.4 is 0 Å². The highest BCUT2D eigenvalue weighted by Crippen LogP contribution is 2.23. The topological polar surface area (TPSA) is 38.7 Å². The van der Waals surface area contributed by atoms with Gasteiger partial charge in [0.1, 0.15) is 0 Å². The average molecular weight is 199 g/mol. The van der Waals surface area contributed by atoms with Crippen LogP contribution >= 0.6 is 0 Å². The number of aromatic nitrogens is 3. The number of nitrogens with zero attached hydrogens (tertiary/aromatic N) is 3. The van der Waals surface area contributed by atoms with Crippen LogP contribution in [-0.4, -0.2) is 15.2 Å². The quantitative estimate of drug-likeness (QED) is 0.745. The molecule has 0 N–H and O–H groups in total. The monoisotopic (exact) mass is 199 g/mol. The predicted molar refractivity (Wildman–Crippen MR) is 59.4 cm³/mol. The van der Waals surface area contributed by atoms with Gasteiger partial charge in [0.05, 0.1) is 6.20 Å². The van der Waals surface area contributed by atoms with Crippen LogP contribution in [-0.2, 0) is 6.42 Å². The van der Waals surface area contributed by atoms with Crippen molar-refractivity contribution in [2.24, 2.45) is 0 Å². The largest absolute Gasteiger partial charge is 0.233 e. The maximum atomic E-state index is 4.24. The van der Waals surface area contributed by atoms with Gasteiger partial charge in [-0.3, -0.25) is 0 Å². The van der Waals surface area contributed by atoms with E-state index in [9.17, 15) is 0 Å². The zero-order valence-electron chi connectivity index (χ0n) is 8.94. The summed E-state index contributed by atoms with van der Waals surface area (Å²) in [4.78, 5) is 4.24. The fourth-order valence-corrected chi connectivity index (χ4v) is 1.71. The summed E-state index contributed by atoms with van der Waals surface area (Å²) in [6.07, 6.45) is 4.25. The molecule has 0 atom stereocenters. The minimum absolute atomic E-state index is 0.715. The van der Waals surface area contributed by atoms with Gasteiger partial charge in [-0.1, -0.05) is 25.1 Å². The molecular formula is C12H13N3. The van der Waals surface area contributed by atoms with Crippen molar-refractivity contribution in [3.8, 4) is 11.4 Å². The molecule has 1 aromatic heterocycles. The SMILES string of the molecule is CCc1cccc(C)c1-c1nccnn1. The molecule has 0 unspecified atom stereocenters. The first-order chi connectivity index (χ1) is 7.33. The Labute approximate surface area is 89.2 Å². The molecule has 3 nitrogen and oxygen atoms in total. The van der Waals surface area contributed by atoms with Crippen LogP contribution in [0.4, 0.5) is 0 Å². The second-order valence-electron chi connectivity index (χ2n) is 3.43. The molecule has 0 spiro atoms. The third-order valence-electron chi connectivity index (χ3n) is 2.45. The van der Waals surface area contributed by atoms with E-state index in [-0.39, 0.29) is 0 Å². The van der Waals surface area contributed by atoms with Crippen LogP contribution in [0.15, 0.2) is 30.6 Å². The summed E-state index contributed by atoms with van der Waals surface area (Å²) < 4.78 is 0. The van der Waals surface area contributed by atoms with Crippen molar-refractivity contribution in [1.29, 1.82) is 0 Å². The number of aryl methyl sites for hydroxylation is 2. The van der Waals surface area contributed by atoms with Gasteiger partial charge in [-0.25, -0.2) is 4.98 Å². The zero-order valence-corrected chi connectivity index (χ0v) is 8.94. The van der Waals surface area contributed by atoms with Crippen LogP contribution in [0.1, 0.15) is 18.1 Å². The highest BCUT2D eigenvalue weighted by Gasteiger charge is 2.08. The van der Waals surface area contributed by atoms with Crippen molar-refractivity contribution in [3.63, 3.8) is 0 Å². The summed E-state index contributed by atoms with van der Waals surface area (Å²) in [5, 5.41) is 7.92. The Bertz CT molecular complexity index is 452. The summed E-state index contributed by atoms with van der Waals surface area (Å²) in [6.45, 7) is 4.21. The van der Waals surface area contributed by atoms with Crippen molar-refractivity contribution < 1.29 is 0 Å². The van der Waals surface area contributed by atoms with Crippen molar-refractivity contribution in [3.05, 3.63) is 41.7 Å². The molecule has 1 heterocycles. The van der Waals surface area contributed by atoms with E-state index in [0.29, 0.717) is 5.82 Å². The molecule has 3 heteroatoms. The highest BCUT2D eigenvalue weighted by molar-refractivity contribution is 5.64. The van der Waals surface area contributed by atoms with Crippen LogP contribution in [0, 0.1) is 6.92 Å². The summed E-state index contributed by atoms with van der Waals surface area (Å²) in [5.74, 6) is 0.715. The van der Waals surface area contributed by atoms with Gasteiger partial charge in [-0.15, -0.1) is 5.10 Å². The molecule has 0 amide bonds. The van der Waals surface area contributed by atoms with Crippen molar-refractivity contribution in [2.75, 3.05) is 0 Å². The van der Waals surface area contributed by atoms with E-state index in [1.54, 1.807) is 12.4 Å². The van der Waals surface area contributed by atoms with Gasteiger partial charge < -0.3 is 0 Å². The smallest absolute Gasteiger partial charge is 0.182 e. The summed E-state index contributed by atoms with van der Waals surface area (Å²) in [7, 11) is 0. The van der Waals surface area contributed by atoms with Gasteiger partial charge in [-0.05, 0) is 24.5 Å². The maximum Gasteiger partial charge on any atom is 0.182 e. The van der Waals surface area contributed by atoms with E-state index in [1.807, 2.05) is 0 Å². The second kappa shape index (κ2) is 4.17. The molecule has 1 aromatic carbocycles. The Morgan fingerprint density at radius 1 is 1.20 bits per heavy atom. The molecule has 0 saturated carbocycles. The molecule has 2 aromatic rings. The normalized spacial score (nSPS) is 10.3. The minimum Gasteiger partial charge on any atom is -0.233 e. The molecule has 0 aliphatic rings. The molecular weight excluding hydrogens is 186 g/mol. The van der Waals surface area contributed by atoms with E-state index < -0.39 is 0 Å². The first kappa shape index (κ1) is 9.77. The molecule has 2 rings (SSSR count). The van der Waals surface area contributed by atoms with Gasteiger partial charge in [0.2, 0.25) is 0 Å². The van der Waals surface area contributed by atoms with Gasteiger partial charge in [0.15, 0.2) is 5.82 Å². The third-order valence-corrected chi connectivity index (χ3v) is 2.45. The van der Waals surface area contributed by atoms with E-state index in [2.05, 4.69) is 47.2 Å². The van der Waals surface area contributed by atoms with Gasteiger partial charge in [0, 0.05) is 11.8 Å². The highest BCUT2D eigenvalue weighted by atomic mass is 15.1. The van der Waals surface area contributed by atoms with Crippen LogP contribution in [0.5, 0.6) is 0 Å². The predicted octanol–water partition coefficient (Wildman–Crippen LogP) is 2.41. The summed E-state index contributed by atoms with van der Waals surface area (Å²) in [5.41, 5.74) is 3.58. The molecule has 0 bridgehead atoms. The lowest BCUT2D eigenvalue weighted by Gasteiger charge is -2.08. The fraction of sp³-hybridized carbons (Fsp3) is 0.250. The van der Waals surface area contributed by atoms with E-state index in [4.69, 9.17) is 0 Å². The number of hydrogen-bond donors (Lipinski definition) is 0. The van der Waals surface area contributed by atoms with Crippen molar-refractivity contribution >= 4 is 0 Å². The van der Waals surface area contributed by atoms with E-state index in [1.165, 1.54) is 11.1 Å². The molecule has 15 heavy (non-hydrogen) atoms. The zero-order chi connectivity index (χ0) is 10.7. The third kappa shape index (κ3) is 1.86. The summed E-state index contributed by atoms with van der Waals surface area (Å²) in [6, 6.07) is 6.25. The number of benzene rings is 1. The minimum atomic E-state index is 0.715. The summed E-state index contributed by atoms with van der Waals surface area (Å²) >= 11 is 0. The lowest BCUT2D eigenvalue weighted by atomic mass is 9.99. The molecule has 0 fully saturated rings. The lowest BCUT2D eigenvalue weighted by Crippen LogP contribution is -1.97. The van der Waals surface area contributed by atoms with Crippen molar-refractivity contribution in [1.82, 2.24) is 15.2 Å². The van der Waals surface area contributed by atoms with Crippen LogP contribution in [0.25, 0.3) is 11.4 Å². The van der Waals surface area contributed by atoms with Crippen LogP contribution in [0.3, 0.4) is 0 Å². The molecule has 0 aliphatic heterocycles. The first-order valence-electron chi connectivity index (χ1n) is 5.05. The number of hydrogen-bond acceptors (Lipinski definition) is 3. The van der Waals surface area contributed by atoms with Gasteiger partial charge in [-0.2, -0.15) is 5.10 Å². The molecule has 0 radical (unpaired) electrons. The molecule has 0 saturated heterocycles. The van der Waals surface area contributed by atoms with E-state index in [0.717, 1.165) is 12.0 Å². The Kier molecular flexibility index (Phi) is 2.72. The second-order valence-corrected chi connectivity index (χ2v) is 3.43. The van der Waals surface area contributed by atoms with E-state index >= 15 is 0 Å². The lowest BCUT2D eigenvalue weighted by molar-refractivity contribution is 0.970. The maximum absolute atomic E-state index is 4.24. The van der Waals surface area contributed by atoms with Gasteiger partial charge >= 0.3 is 0 Å². The van der Waals surface area contributed by atoms with Crippen LogP contribution in [0.2, 0.25) is 0 Å². The standard InChI is InChI=1S/C12H13N3/c1-3-10-6-4-5-9(2)11(10)12-13-7-8-14-15-12/h4-8H,3H2,1-2H3. The Balaban J connectivity index is 2.61.